The molecule has 1 aromatic rings. The smallest absolute Gasteiger partial charge is 0.161 e. The maximum atomic E-state index is 6.08. The van der Waals surface area contributed by atoms with Gasteiger partial charge in [-0.25, -0.2) is 0 Å². The Bertz CT molecular complexity index is 501. The van der Waals surface area contributed by atoms with Crippen molar-refractivity contribution in [3.05, 3.63) is 23.8 Å². The van der Waals surface area contributed by atoms with E-state index in [1.54, 1.807) is 0 Å². The van der Waals surface area contributed by atoms with Gasteiger partial charge in [0.2, 0.25) is 0 Å². The van der Waals surface area contributed by atoms with E-state index in [0.29, 0.717) is 19.1 Å². The molecule has 2 fully saturated rings. The van der Waals surface area contributed by atoms with Crippen LogP contribution in [0.1, 0.15) is 37.4 Å². The average Bonchev–Trinajstić information content (AvgIpc) is 3.37. The Kier molecular flexibility index (Phi) is 3.74. The second kappa shape index (κ2) is 5.85. The second-order valence-corrected chi connectivity index (χ2v) is 6.28. The number of fused-ring (bicyclic) bond motifs is 1. The second-order valence-electron chi connectivity index (χ2n) is 6.28. The van der Waals surface area contributed by atoms with Crippen LogP contribution in [0.2, 0.25) is 0 Å². The molecule has 4 nitrogen and oxygen atoms in total. The first kappa shape index (κ1) is 13.4. The van der Waals surface area contributed by atoms with E-state index in [4.69, 9.17) is 14.2 Å². The van der Waals surface area contributed by atoms with E-state index >= 15 is 0 Å². The quantitative estimate of drug-likeness (QED) is 0.925. The van der Waals surface area contributed by atoms with Crippen molar-refractivity contribution in [3.63, 3.8) is 0 Å². The molecule has 3 aliphatic rings. The van der Waals surface area contributed by atoms with Crippen molar-refractivity contribution < 1.29 is 14.2 Å². The Labute approximate surface area is 125 Å². The van der Waals surface area contributed by atoms with Crippen LogP contribution >= 0.6 is 0 Å². The van der Waals surface area contributed by atoms with Crippen LogP contribution in [0.5, 0.6) is 11.5 Å². The van der Waals surface area contributed by atoms with E-state index < -0.39 is 0 Å². The lowest BCUT2D eigenvalue weighted by atomic mass is 9.89. The molecule has 1 aliphatic carbocycles. The zero-order valence-electron chi connectivity index (χ0n) is 12.3. The lowest BCUT2D eigenvalue weighted by Crippen LogP contribution is -2.33. The summed E-state index contributed by atoms with van der Waals surface area (Å²) in [7, 11) is 0. The zero-order valence-corrected chi connectivity index (χ0v) is 12.3. The molecule has 0 spiro atoms. The number of hydrogen-bond donors (Lipinski definition) is 1. The molecule has 2 atom stereocenters. The van der Waals surface area contributed by atoms with Crippen LogP contribution in [-0.2, 0) is 4.74 Å². The number of benzene rings is 1. The minimum atomic E-state index is 0.181. The molecule has 1 saturated heterocycles. The predicted molar refractivity (Wildman–Crippen MR) is 79.9 cm³/mol. The van der Waals surface area contributed by atoms with Gasteiger partial charge < -0.3 is 19.5 Å². The third kappa shape index (κ3) is 3.01. The van der Waals surface area contributed by atoms with Crippen LogP contribution in [0.4, 0.5) is 0 Å². The van der Waals surface area contributed by atoms with Crippen molar-refractivity contribution in [2.24, 2.45) is 5.92 Å². The summed E-state index contributed by atoms with van der Waals surface area (Å²) in [6.07, 6.45) is 5.25. The highest BCUT2D eigenvalue weighted by molar-refractivity contribution is 5.44. The average molecular weight is 289 g/mol. The minimum Gasteiger partial charge on any atom is -0.486 e. The Morgan fingerprint density at radius 1 is 1.00 bits per heavy atom. The summed E-state index contributed by atoms with van der Waals surface area (Å²) in [5.74, 6) is 2.28. The molecule has 4 rings (SSSR count). The highest BCUT2D eigenvalue weighted by atomic mass is 16.6. The van der Waals surface area contributed by atoms with Gasteiger partial charge in [0.05, 0.1) is 6.10 Å². The topological polar surface area (TPSA) is 39.7 Å². The molecule has 2 heterocycles. The Balaban J connectivity index is 1.51. The molecule has 2 unspecified atom stereocenters. The van der Waals surface area contributed by atoms with E-state index in [2.05, 4.69) is 17.4 Å². The summed E-state index contributed by atoms with van der Waals surface area (Å²) in [5, 5.41) is 3.65. The van der Waals surface area contributed by atoms with Gasteiger partial charge in [-0.3, -0.25) is 0 Å². The van der Waals surface area contributed by atoms with Gasteiger partial charge in [0.25, 0.3) is 0 Å². The summed E-state index contributed by atoms with van der Waals surface area (Å²) in [6, 6.07) is 7.02. The first-order chi connectivity index (χ1) is 10.4. The molecule has 1 N–H and O–H groups in total. The van der Waals surface area contributed by atoms with Gasteiger partial charge in [-0.2, -0.15) is 0 Å². The van der Waals surface area contributed by atoms with Crippen molar-refractivity contribution in [3.8, 4) is 11.5 Å². The van der Waals surface area contributed by atoms with Crippen LogP contribution in [-0.4, -0.2) is 32.4 Å². The number of rotatable bonds is 4. The Hall–Kier alpha value is -1.26. The van der Waals surface area contributed by atoms with Crippen LogP contribution in [0.15, 0.2) is 18.2 Å². The SMILES string of the molecule is c1cc2c(cc1C1OCCCC1CNC1CC1)OCCO2. The number of hydrogen-bond acceptors (Lipinski definition) is 4. The van der Waals surface area contributed by atoms with E-state index in [0.717, 1.165) is 37.1 Å². The van der Waals surface area contributed by atoms with Crippen molar-refractivity contribution in [2.75, 3.05) is 26.4 Å². The van der Waals surface area contributed by atoms with Crippen molar-refractivity contribution in [1.82, 2.24) is 5.32 Å². The number of ether oxygens (including phenoxy) is 3. The van der Waals surface area contributed by atoms with Crippen molar-refractivity contribution in [1.29, 1.82) is 0 Å². The van der Waals surface area contributed by atoms with Gasteiger partial charge in [-0.15, -0.1) is 0 Å². The summed E-state index contributed by atoms with van der Waals surface area (Å²) >= 11 is 0. The molecule has 0 aromatic heterocycles. The molecular weight excluding hydrogens is 266 g/mol. The summed E-state index contributed by atoms with van der Waals surface area (Å²) in [4.78, 5) is 0. The molecule has 4 heteroatoms. The van der Waals surface area contributed by atoms with Crippen LogP contribution in [0.25, 0.3) is 0 Å². The van der Waals surface area contributed by atoms with Gasteiger partial charge >= 0.3 is 0 Å². The molecule has 1 aromatic carbocycles. The van der Waals surface area contributed by atoms with Crippen molar-refractivity contribution in [2.45, 2.75) is 37.8 Å². The molecule has 0 amide bonds. The first-order valence-corrected chi connectivity index (χ1v) is 8.15. The lowest BCUT2D eigenvalue weighted by molar-refractivity contribution is -0.0280. The summed E-state index contributed by atoms with van der Waals surface area (Å²) in [6.45, 7) is 3.19. The first-order valence-electron chi connectivity index (χ1n) is 8.15. The highest BCUT2D eigenvalue weighted by Crippen LogP contribution is 2.38. The summed E-state index contributed by atoms with van der Waals surface area (Å²) < 4.78 is 17.4. The molecule has 0 bridgehead atoms. The molecule has 0 radical (unpaired) electrons. The number of nitrogens with one attached hydrogen (secondary N) is 1. The maximum absolute atomic E-state index is 6.08. The Morgan fingerprint density at radius 3 is 2.71 bits per heavy atom. The maximum Gasteiger partial charge on any atom is 0.161 e. The Morgan fingerprint density at radius 2 is 1.86 bits per heavy atom. The zero-order chi connectivity index (χ0) is 14.1. The van der Waals surface area contributed by atoms with Gasteiger partial charge in [0.15, 0.2) is 11.5 Å². The molecule has 114 valence electrons. The van der Waals surface area contributed by atoms with E-state index in [-0.39, 0.29) is 6.10 Å². The minimum absolute atomic E-state index is 0.181. The monoisotopic (exact) mass is 289 g/mol. The van der Waals surface area contributed by atoms with Gasteiger partial charge in [-0.05, 0) is 43.4 Å². The molecule has 2 aliphatic heterocycles. The van der Waals surface area contributed by atoms with Crippen LogP contribution in [0, 0.1) is 5.92 Å². The van der Waals surface area contributed by atoms with E-state index in [9.17, 15) is 0 Å². The fraction of sp³-hybridized carbons (Fsp3) is 0.647. The van der Waals surface area contributed by atoms with Gasteiger partial charge in [-0.1, -0.05) is 6.07 Å². The van der Waals surface area contributed by atoms with Crippen LogP contribution in [0.3, 0.4) is 0 Å². The van der Waals surface area contributed by atoms with Gasteiger partial charge in [0, 0.05) is 25.1 Å². The van der Waals surface area contributed by atoms with Gasteiger partial charge in [0.1, 0.15) is 13.2 Å². The fourth-order valence-corrected chi connectivity index (χ4v) is 3.26. The van der Waals surface area contributed by atoms with E-state index in [1.165, 1.54) is 24.8 Å². The summed E-state index contributed by atoms with van der Waals surface area (Å²) in [5.41, 5.74) is 1.22. The molecule has 21 heavy (non-hydrogen) atoms. The fourth-order valence-electron chi connectivity index (χ4n) is 3.26. The largest absolute Gasteiger partial charge is 0.486 e. The highest BCUT2D eigenvalue weighted by Gasteiger charge is 2.30. The predicted octanol–water partition coefficient (Wildman–Crippen LogP) is 2.68. The third-order valence-corrected chi connectivity index (χ3v) is 4.59. The van der Waals surface area contributed by atoms with Crippen LogP contribution < -0.4 is 14.8 Å². The molecule has 1 saturated carbocycles. The van der Waals surface area contributed by atoms with Crippen molar-refractivity contribution >= 4 is 0 Å². The van der Waals surface area contributed by atoms with E-state index in [1.807, 2.05) is 6.07 Å². The molecular formula is C17H23NO3. The third-order valence-electron chi connectivity index (χ3n) is 4.59. The standard InChI is InChI=1S/C17H23NO3/c1-2-13(11-18-14-4-5-14)17(21-7-1)12-3-6-15-16(10-12)20-9-8-19-15/h3,6,10,13-14,17-18H,1-2,4-5,7-9,11H2. The normalized spacial score (nSPS) is 28.4. The lowest BCUT2D eigenvalue weighted by Gasteiger charge is -2.33.